The van der Waals surface area contributed by atoms with E-state index in [9.17, 15) is 14.7 Å². The molecule has 3 heterocycles. The molecule has 0 saturated carbocycles. The van der Waals surface area contributed by atoms with Crippen LogP contribution in [-0.4, -0.2) is 55.5 Å². The Balaban J connectivity index is 1.73. The molecule has 2 unspecified atom stereocenters. The Kier molecular flexibility index (Phi) is 5.53. The molecule has 2 aromatic rings. The highest BCUT2D eigenvalue weighted by Gasteiger charge is 2.59. The van der Waals surface area contributed by atoms with Crippen molar-refractivity contribution in [3.63, 3.8) is 0 Å². The standard InChI is InChI=1S/C19H24BrN3O5/c1-12-8-14(10-23(12,17(24)25)18(26)28-19(2,3)4)27-11-13-9-22-7-5-6-15(20)16(22)21-13/h5-7,9,12,14H,8,10-11H2,1-4H3/p+1/t12?,14-,23?/m1/s1. The number of carbonyl (C=O) groups excluding carboxylic acids is 1. The van der Waals surface area contributed by atoms with E-state index in [2.05, 4.69) is 20.9 Å². The van der Waals surface area contributed by atoms with Crippen LogP contribution in [0.5, 0.6) is 0 Å². The van der Waals surface area contributed by atoms with E-state index in [1.54, 1.807) is 27.7 Å². The summed E-state index contributed by atoms with van der Waals surface area (Å²) in [6.45, 7) is 7.17. The van der Waals surface area contributed by atoms with Gasteiger partial charge >= 0.3 is 12.2 Å². The third-order valence-electron chi connectivity index (χ3n) is 4.86. The van der Waals surface area contributed by atoms with Crippen molar-refractivity contribution in [3.8, 4) is 0 Å². The van der Waals surface area contributed by atoms with Gasteiger partial charge in [0.15, 0.2) is 5.65 Å². The first kappa shape index (κ1) is 20.8. The molecule has 1 N–H and O–H groups in total. The van der Waals surface area contributed by atoms with E-state index in [0.29, 0.717) is 6.42 Å². The number of pyridine rings is 1. The number of imide groups is 1. The van der Waals surface area contributed by atoms with E-state index in [1.807, 2.05) is 28.9 Å². The van der Waals surface area contributed by atoms with Crippen molar-refractivity contribution >= 4 is 33.8 Å². The second-order valence-electron chi connectivity index (χ2n) is 8.15. The Hall–Kier alpha value is -1.97. The Bertz CT molecular complexity index is 907. The number of ether oxygens (including phenoxy) is 2. The third-order valence-corrected chi connectivity index (χ3v) is 5.48. The largest absolute Gasteiger partial charge is 0.527 e. The van der Waals surface area contributed by atoms with Crippen molar-refractivity contribution in [2.75, 3.05) is 6.54 Å². The second-order valence-corrected chi connectivity index (χ2v) is 9.01. The van der Waals surface area contributed by atoms with Gasteiger partial charge in [-0.25, -0.2) is 4.98 Å². The van der Waals surface area contributed by atoms with E-state index in [4.69, 9.17) is 9.47 Å². The number of quaternary nitrogens is 1. The molecule has 8 nitrogen and oxygen atoms in total. The summed E-state index contributed by atoms with van der Waals surface area (Å²) in [6, 6.07) is 3.36. The highest BCUT2D eigenvalue weighted by atomic mass is 79.9. The van der Waals surface area contributed by atoms with Crippen LogP contribution >= 0.6 is 15.9 Å². The van der Waals surface area contributed by atoms with Crippen LogP contribution in [0.25, 0.3) is 5.65 Å². The topological polar surface area (TPSA) is 90.1 Å². The summed E-state index contributed by atoms with van der Waals surface area (Å²) in [5.41, 5.74) is 0.753. The molecule has 1 aliphatic heterocycles. The summed E-state index contributed by atoms with van der Waals surface area (Å²) in [4.78, 5) is 29.3. The van der Waals surface area contributed by atoms with Gasteiger partial charge in [-0.1, -0.05) is 0 Å². The molecular formula is C19H25BrN3O5+. The van der Waals surface area contributed by atoms with Gasteiger partial charge in [0.1, 0.15) is 24.3 Å². The number of imidazole rings is 1. The molecule has 1 fully saturated rings. The Morgan fingerprint density at radius 3 is 2.75 bits per heavy atom. The van der Waals surface area contributed by atoms with Gasteiger partial charge in [-0.3, -0.25) is 0 Å². The van der Waals surface area contributed by atoms with Crippen molar-refractivity contribution in [1.29, 1.82) is 0 Å². The molecule has 28 heavy (non-hydrogen) atoms. The highest BCUT2D eigenvalue weighted by Crippen LogP contribution is 2.32. The number of fused-ring (bicyclic) bond motifs is 1. The molecule has 152 valence electrons. The number of carboxylic acid groups (broad SMARTS) is 1. The number of nitrogens with zero attached hydrogens (tertiary/aromatic N) is 3. The van der Waals surface area contributed by atoms with Gasteiger partial charge in [-0.15, -0.1) is 4.48 Å². The summed E-state index contributed by atoms with van der Waals surface area (Å²) >= 11 is 3.46. The van der Waals surface area contributed by atoms with Gasteiger partial charge in [-0.05, 0) is 55.8 Å². The maximum atomic E-state index is 12.7. The molecular weight excluding hydrogens is 430 g/mol. The highest BCUT2D eigenvalue weighted by molar-refractivity contribution is 9.10. The molecule has 0 bridgehead atoms. The monoisotopic (exact) mass is 454 g/mol. The maximum absolute atomic E-state index is 12.7. The van der Waals surface area contributed by atoms with Gasteiger partial charge in [0.05, 0.1) is 16.8 Å². The van der Waals surface area contributed by atoms with E-state index in [-0.39, 0.29) is 19.3 Å². The zero-order valence-corrected chi connectivity index (χ0v) is 18.0. The number of rotatable bonds is 3. The van der Waals surface area contributed by atoms with E-state index >= 15 is 0 Å². The lowest BCUT2D eigenvalue weighted by atomic mass is 10.2. The number of amides is 2. The minimum atomic E-state index is -1.22. The number of hydrogen-bond donors (Lipinski definition) is 1. The van der Waals surface area contributed by atoms with E-state index in [0.717, 1.165) is 15.8 Å². The number of hydrogen-bond acceptors (Lipinski definition) is 5. The fourth-order valence-electron chi connectivity index (χ4n) is 3.50. The smallest absolute Gasteiger partial charge is 0.435 e. The number of carbonyl (C=O) groups is 2. The zero-order valence-electron chi connectivity index (χ0n) is 16.4. The quantitative estimate of drug-likeness (QED) is 0.698. The van der Waals surface area contributed by atoms with E-state index in [1.165, 1.54) is 0 Å². The van der Waals surface area contributed by atoms with Crippen LogP contribution in [0.4, 0.5) is 9.59 Å². The lowest BCUT2D eigenvalue weighted by Gasteiger charge is -2.31. The molecule has 0 aromatic carbocycles. The van der Waals surface area contributed by atoms with Crippen LogP contribution in [0.15, 0.2) is 29.0 Å². The first-order valence-electron chi connectivity index (χ1n) is 9.11. The predicted octanol–water partition coefficient (Wildman–Crippen LogP) is 4.20. The molecule has 0 spiro atoms. The summed E-state index contributed by atoms with van der Waals surface area (Å²) in [6.07, 6.45) is 1.85. The lowest BCUT2D eigenvalue weighted by Crippen LogP contribution is -2.60. The van der Waals surface area contributed by atoms with E-state index < -0.39 is 28.3 Å². The van der Waals surface area contributed by atoms with Gasteiger partial charge in [-0.2, -0.15) is 9.59 Å². The third kappa shape index (κ3) is 3.92. The zero-order chi connectivity index (χ0) is 20.7. The molecule has 2 aromatic heterocycles. The average molecular weight is 455 g/mol. The molecule has 1 saturated heterocycles. The average Bonchev–Trinajstić information content (AvgIpc) is 3.13. The summed E-state index contributed by atoms with van der Waals surface area (Å²) in [5.74, 6) is 0. The van der Waals surface area contributed by atoms with Crippen molar-refractivity contribution < 1.29 is 28.7 Å². The molecule has 1 aliphatic rings. The fraction of sp³-hybridized carbons (Fsp3) is 0.526. The van der Waals surface area contributed by atoms with Gasteiger partial charge in [0, 0.05) is 18.8 Å². The van der Waals surface area contributed by atoms with Crippen LogP contribution in [0, 0.1) is 0 Å². The van der Waals surface area contributed by atoms with Crippen LogP contribution in [0.1, 0.15) is 39.8 Å². The van der Waals surface area contributed by atoms with Crippen molar-refractivity contribution in [1.82, 2.24) is 9.38 Å². The Morgan fingerprint density at radius 1 is 1.43 bits per heavy atom. The molecule has 2 amide bonds. The minimum absolute atomic E-state index is 0.0302. The minimum Gasteiger partial charge on any atom is -0.435 e. The molecule has 0 radical (unpaired) electrons. The number of aromatic nitrogens is 2. The summed E-state index contributed by atoms with van der Waals surface area (Å²) in [7, 11) is 0. The molecule has 3 rings (SSSR count). The van der Waals surface area contributed by atoms with Gasteiger partial charge in [0.25, 0.3) is 0 Å². The summed E-state index contributed by atoms with van der Waals surface area (Å²) < 4.78 is 13.3. The normalized spacial score (nSPS) is 25.2. The van der Waals surface area contributed by atoms with Gasteiger partial charge < -0.3 is 19.0 Å². The van der Waals surface area contributed by atoms with Crippen molar-refractivity contribution in [2.45, 2.75) is 58.5 Å². The molecule has 9 heteroatoms. The SMILES string of the molecule is CC1C[C@@H](OCc2cn3cccc(Br)c3n2)C[N+]1(C(=O)O)C(=O)OC(C)(C)C. The first-order valence-corrected chi connectivity index (χ1v) is 9.90. The number of likely N-dealkylation sites (tertiary alicyclic amines) is 1. The van der Waals surface area contributed by atoms with Crippen LogP contribution in [0.2, 0.25) is 0 Å². The van der Waals surface area contributed by atoms with Crippen molar-refractivity contribution in [2.24, 2.45) is 0 Å². The Morgan fingerprint density at radius 2 is 2.14 bits per heavy atom. The number of halogens is 1. The van der Waals surface area contributed by atoms with Crippen LogP contribution in [-0.2, 0) is 16.1 Å². The molecule has 0 aliphatic carbocycles. The summed E-state index contributed by atoms with van der Waals surface area (Å²) in [5, 5.41) is 9.83. The predicted molar refractivity (Wildman–Crippen MR) is 105 cm³/mol. The lowest BCUT2D eigenvalue weighted by molar-refractivity contribution is -0.798. The van der Waals surface area contributed by atoms with Crippen LogP contribution in [0.3, 0.4) is 0 Å². The Labute approximate surface area is 171 Å². The van der Waals surface area contributed by atoms with Gasteiger partial charge in [0.2, 0.25) is 0 Å². The second kappa shape index (κ2) is 7.46. The first-order chi connectivity index (χ1) is 13.0. The maximum Gasteiger partial charge on any atom is 0.527 e. The fourth-order valence-corrected chi connectivity index (χ4v) is 3.95. The van der Waals surface area contributed by atoms with Crippen LogP contribution < -0.4 is 0 Å². The van der Waals surface area contributed by atoms with Crippen molar-refractivity contribution in [3.05, 3.63) is 34.7 Å². The molecule has 3 atom stereocenters.